The van der Waals surface area contributed by atoms with Crippen molar-refractivity contribution in [3.05, 3.63) is 69.2 Å². The van der Waals surface area contributed by atoms with Gasteiger partial charge in [0, 0.05) is 24.2 Å². The van der Waals surface area contributed by atoms with Crippen molar-refractivity contribution in [1.29, 1.82) is 0 Å². The molecular weight excluding hydrogens is 462 g/mol. The smallest absolute Gasteiger partial charge is 0.405 e. The quantitative estimate of drug-likeness (QED) is 0.433. The molecule has 10 nitrogen and oxygen atoms in total. The number of benzene rings is 2. The molecule has 2 N–H and O–H groups in total. The summed E-state index contributed by atoms with van der Waals surface area (Å²) < 4.78 is 32.9. The molecule has 32 heavy (non-hydrogen) atoms. The third kappa shape index (κ3) is 6.09. The molecule has 0 radical (unpaired) electrons. The monoisotopic (exact) mass is 483 g/mol. The fourth-order valence-electron chi connectivity index (χ4n) is 3.51. The van der Waals surface area contributed by atoms with Gasteiger partial charge in [0.1, 0.15) is 6.10 Å². The Labute approximate surface area is 189 Å². The van der Waals surface area contributed by atoms with Crippen LogP contribution in [0.5, 0.6) is 5.75 Å². The molecule has 172 valence electrons. The van der Waals surface area contributed by atoms with Crippen LogP contribution in [0.3, 0.4) is 0 Å². The molecule has 0 aromatic heterocycles. The van der Waals surface area contributed by atoms with Crippen LogP contribution in [-0.2, 0) is 10.0 Å². The summed E-state index contributed by atoms with van der Waals surface area (Å²) in [6.45, 7) is 0.311. The normalized spacial score (nSPS) is 16.3. The maximum atomic E-state index is 12.9. The van der Waals surface area contributed by atoms with Crippen LogP contribution < -0.4 is 10.1 Å². The maximum Gasteiger partial charge on any atom is 0.405 e. The molecule has 0 saturated carbocycles. The summed E-state index contributed by atoms with van der Waals surface area (Å²) in [7, 11) is -3.77. The lowest BCUT2D eigenvalue weighted by molar-refractivity contribution is -0.386. The highest BCUT2D eigenvalue weighted by Gasteiger charge is 2.32. The van der Waals surface area contributed by atoms with Crippen LogP contribution in [0.2, 0.25) is 5.02 Å². The Morgan fingerprint density at radius 3 is 2.50 bits per heavy atom. The van der Waals surface area contributed by atoms with Crippen molar-refractivity contribution < 1.29 is 28.0 Å². The molecule has 2 aromatic rings. The van der Waals surface area contributed by atoms with Gasteiger partial charge in [0.15, 0.2) is 5.75 Å². The maximum absolute atomic E-state index is 12.9. The Balaban J connectivity index is 1.65. The van der Waals surface area contributed by atoms with Crippen molar-refractivity contribution in [1.82, 2.24) is 9.62 Å². The van der Waals surface area contributed by atoms with E-state index in [0.717, 1.165) is 0 Å². The molecular formula is C20H22ClN3O7S. The number of amides is 1. The number of rotatable bonds is 8. The van der Waals surface area contributed by atoms with Crippen molar-refractivity contribution in [3.8, 4) is 5.75 Å². The predicted molar refractivity (Wildman–Crippen MR) is 117 cm³/mol. The van der Waals surface area contributed by atoms with Crippen molar-refractivity contribution in [2.45, 2.75) is 25.0 Å². The molecule has 0 aliphatic carbocycles. The number of nitrogens with zero attached hydrogens (tertiary/aromatic N) is 2. The Morgan fingerprint density at radius 2 is 1.91 bits per heavy atom. The first kappa shape index (κ1) is 23.8. The Kier molecular flexibility index (Phi) is 7.54. The Morgan fingerprint density at radius 1 is 1.25 bits per heavy atom. The summed E-state index contributed by atoms with van der Waals surface area (Å²) >= 11 is 5.81. The van der Waals surface area contributed by atoms with E-state index in [1.54, 1.807) is 30.3 Å². The molecule has 1 fully saturated rings. The highest BCUT2D eigenvalue weighted by Crippen LogP contribution is 2.32. The van der Waals surface area contributed by atoms with E-state index < -0.39 is 38.9 Å². The fraction of sp³-hybridized carbons (Fsp3) is 0.350. The lowest BCUT2D eigenvalue weighted by atomic mass is 10.1. The summed E-state index contributed by atoms with van der Waals surface area (Å²) in [5.41, 5.74) is 0.296. The van der Waals surface area contributed by atoms with Crippen molar-refractivity contribution in [2.24, 2.45) is 0 Å². The lowest BCUT2D eigenvalue weighted by Gasteiger charge is -2.32. The first-order valence-electron chi connectivity index (χ1n) is 9.78. The number of hydrogen-bond donors (Lipinski definition) is 2. The molecule has 2 aromatic carbocycles. The van der Waals surface area contributed by atoms with Crippen LogP contribution in [0.1, 0.15) is 24.4 Å². The highest BCUT2D eigenvalue weighted by molar-refractivity contribution is 7.89. The highest BCUT2D eigenvalue weighted by atomic mass is 35.5. The third-order valence-electron chi connectivity index (χ3n) is 5.08. The molecule has 0 spiro atoms. The standard InChI is InChI=1S/C20H22ClN3O7S/c21-15-6-7-19(18(12-15)24(27)28)31-16-8-10-23(11-9-16)32(29,30)13-17(22-20(25)26)14-4-2-1-3-5-14/h1-7,12,16-17,22H,8-11,13H2,(H,25,26)/t17-/m0/s1. The minimum absolute atomic E-state index is 0.0792. The van der Waals surface area contributed by atoms with Crippen LogP contribution in [0, 0.1) is 10.1 Å². The predicted octanol–water partition coefficient (Wildman–Crippen LogP) is 3.43. The SMILES string of the molecule is O=C(O)N[C@@H](CS(=O)(=O)N1CCC(Oc2ccc(Cl)cc2[N+](=O)[O-])CC1)c1ccccc1. The minimum Gasteiger partial charge on any atom is -0.483 e. The summed E-state index contributed by atoms with van der Waals surface area (Å²) in [4.78, 5) is 21.8. The third-order valence-corrected chi connectivity index (χ3v) is 7.22. The Bertz CT molecular complexity index is 1070. The number of hydrogen-bond acceptors (Lipinski definition) is 6. The van der Waals surface area contributed by atoms with E-state index in [9.17, 15) is 23.3 Å². The van der Waals surface area contributed by atoms with Gasteiger partial charge in [-0.1, -0.05) is 41.9 Å². The number of carboxylic acid groups (broad SMARTS) is 1. The van der Waals surface area contributed by atoms with E-state index in [1.807, 2.05) is 0 Å². The van der Waals surface area contributed by atoms with Gasteiger partial charge in [0.2, 0.25) is 10.0 Å². The van der Waals surface area contributed by atoms with Crippen LogP contribution in [0.25, 0.3) is 0 Å². The van der Waals surface area contributed by atoms with Gasteiger partial charge < -0.3 is 15.2 Å². The number of halogens is 1. The number of carbonyl (C=O) groups is 1. The Hall–Kier alpha value is -2.89. The van der Waals surface area contributed by atoms with Crippen molar-refractivity contribution in [2.75, 3.05) is 18.8 Å². The minimum atomic E-state index is -3.77. The van der Waals surface area contributed by atoms with Crippen molar-refractivity contribution in [3.63, 3.8) is 0 Å². The van der Waals surface area contributed by atoms with Crippen LogP contribution in [0.4, 0.5) is 10.5 Å². The first-order chi connectivity index (χ1) is 15.2. The van der Waals surface area contributed by atoms with Gasteiger partial charge in [-0.2, -0.15) is 0 Å². The second-order valence-electron chi connectivity index (χ2n) is 7.28. The molecule has 0 bridgehead atoms. The van der Waals surface area contributed by atoms with E-state index in [-0.39, 0.29) is 29.5 Å². The van der Waals surface area contributed by atoms with Gasteiger partial charge in [-0.15, -0.1) is 0 Å². The van der Waals surface area contributed by atoms with Gasteiger partial charge in [0.05, 0.1) is 16.7 Å². The number of piperidine rings is 1. The molecule has 1 heterocycles. The summed E-state index contributed by atoms with van der Waals surface area (Å²) in [6.07, 6.45) is -1.04. The average molecular weight is 484 g/mol. The van der Waals surface area contributed by atoms with E-state index in [1.165, 1.54) is 22.5 Å². The molecule has 1 saturated heterocycles. The zero-order valence-electron chi connectivity index (χ0n) is 16.9. The number of sulfonamides is 1. The van der Waals surface area contributed by atoms with E-state index in [4.69, 9.17) is 21.4 Å². The lowest BCUT2D eigenvalue weighted by Crippen LogP contribution is -2.45. The van der Waals surface area contributed by atoms with Gasteiger partial charge in [-0.3, -0.25) is 10.1 Å². The molecule has 1 amide bonds. The summed E-state index contributed by atoms with van der Waals surface area (Å²) in [6, 6.07) is 11.7. The zero-order valence-corrected chi connectivity index (χ0v) is 18.5. The second-order valence-corrected chi connectivity index (χ2v) is 9.73. The molecule has 3 rings (SSSR count). The van der Waals surface area contributed by atoms with Crippen LogP contribution in [0.15, 0.2) is 48.5 Å². The summed E-state index contributed by atoms with van der Waals surface area (Å²) in [5.74, 6) is -0.340. The largest absolute Gasteiger partial charge is 0.483 e. The van der Waals surface area contributed by atoms with E-state index in [2.05, 4.69) is 5.32 Å². The number of ether oxygens (including phenoxy) is 1. The van der Waals surface area contributed by atoms with Crippen LogP contribution >= 0.6 is 11.6 Å². The molecule has 1 aliphatic heterocycles. The van der Waals surface area contributed by atoms with E-state index >= 15 is 0 Å². The van der Waals surface area contributed by atoms with E-state index in [0.29, 0.717) is 18.4 Å². The van der Waals surface area contributed by atoms with Gasteiger partial charge >= 0.3 is 11.8 Å². The van der Waals surface area contributed by atoms with Gasteiger partial charge in [0.25, 0.3) is 0 Å². The number of nitro benzene ring substituents is 1. The second kappa shape index (κ2) is 10.2. The topological polar surface area (TPSA) is 139 Å². The molecule has 12 heteroatoms. The van der Waals surface area contributed by atoms with Gasteiger partial charge in [-0.05, 0) is 30.5 Å². The number of nitrogens with one attached hydrogen (secondary N) is 1. The molecule has 1 atom stereocenters. The van der Waals surface area contributed by atoms with Crippen LogP contribution in [-0.4, -0.2) is 53.8 Å². The van der Waals surface area contributed by atoms with Crippen molar-refractivity contribution >= 4 is 33.4 Å². The molecule has 1 aliphatic rings. The zero-order chi connectivity index (χ0) is 23.3. The average Bonchev–Trinajstić information content (AvgIpc) is 2.75. The number of nitro groups is 1. The summed E-state index contributed by atoms with van der Waals surface area (Å²) in [5, 5.41) is 22.8. The van der Waals surface area contributed by atoms with Gasteiger partial charge in [-0.25, -0.2) is 17.5 Å². The first-order valence-corrected chi connectivity index (χ1v) is 11.8. The fourth-order valence-corrected chi connectivity index (χ4v) is 5.35. The molecule has 0 unspecified atom stereocenters.